The van der Waals surface area contributed by atoms with Crippen molar-refractivity contribution in [3.05, 3.63) is 50.2 Å². The molecule has 130 valence electrons. The highest BCUT2D eigenvalue weighted by Crippen LogP contribution is 2.41. The molecule has 5 heteroatoms. The molecule has 25 heavy (non-hydrogen) atoms. The summed E-state index contributed by atoms with van der Waals surface area (Å²) in [6.45, 7) is 4.57. The van der Waals surface area contributed by atoms with Gasteiger partial charge in [-0.15, -0.1) is 0 Å². The van der Waals surface area contributed by atoms with Gasteiger partial charge in [0.2, 0.25) is 0 Å². The molecule has 0 saturated carbocycles. The van der Waals surface area contributed by atoms with E-state index in [1.54, 1.807) is 6.07 Å². The van der Waals surface area contributed by atoms with Gasteiger partial charge in [-0.1, -0.05) is 25.4 Å². The Morgan fingerprint density at radius 1 is 1.32 bits per heavy atom. The van der Waals surface area contributed by atoms with Crippen molar-refractivity contribution in [3.8, 4) is 0 Å². The molecule has 0 bridgehead atoms. The van der Waals surface area contributed by atoms with E-state index in [9.17, 15) is 4.79 Å². The summed E-state index contributed by atoms with van der Waals surface area (Å²) >= 11 is 9.65. The second kappa shape index (κ2) is 6.33. The first-order valence-corrected chi connectivity index (χ1v) is 9.85. The highest BCUT2D eigenvalue weighted by atomic mass is 79.9. The lowest BCUT2D eigenvalue weighted by molar-refractivity contribution is -0.110. The normalized spacial score (nSPS) is 20.8. The quantitative estimate of drug-likeness (QED) is 0.576. The highest BCUT2D eigenvalue weighted by molar-refractivity contribution is 9.10. The van der Waals surface area contributed by atoms with Crippen LogP contribution in [0.4, 0.5) is 5.69 Å². The van der Waals surface area contributed by atoms with Crippen LogP contribution in [0, 0.1) is 5.92 Å². The van der Waals surface area contributed by atoms with Crippen LogP contribution >= 0.6 is 27.5 Å². The van der Waals surface area contributed by atoms with Gasteiger partial charge in [0, 0.05) is 26.4 Å². The Bertz CT molecular complexity index is 897. The number of hydrogen-bond donors (Lipinski definition) is 2. The summed E-state index contributed by atoms with van der Waals surface area (Å²) in [5, 5.41) is 3.54. The first-order valence-electron chi connectivity index (χ1n) is 8.68. The SMILES string of the molecule is CC(C)C1CCCc2[nH]c(C=C3C(=O)Nc4c(Br)cc(Cl)cc43)cc21. The minimum atomic E-state index is -0.0917. The lowest BCUT2D eigenvalue weighted by Crippen LogP contribution is -2.13. The molecule has 2 aromatic rings. The Balaban J connectivity index is 1.77. The molecular formula is C20H20BrClN2O. The van der Waals surface area contributed by atoms with Crippen LogP contribution in [0.3, 0.4) is 0 Å². The molecule has 1 atom stereocenters. The number of hydrogen-bond acceptors (Lipinski definition) is 1. The van der Waals surface area contributed by atoms with E-state index in [0.29, 0.717) is 22.4 Å². The average Bonchev–Trinajstić information content (AvgIpc) is 3.09. The second-order valence-electron chi connectivity index (χ2n) is 7.22. The summed E-state index contributed by atoms with van der Waals surface area (Å²) in [5.41, 5.74) is 6.01. The van der Waals surface area contributed by atoms with Gasteiger partial charge in [-0.3, -0.25) is 4.79 Å². The van der Waals surface area contributed by atoms with Gasteiger partial charge in [0.1, 0.15) is 0 Å². The van der Waals surface area contributed by atoms with E-state index in [1.165, 1.54) is 24.1 Å². The fraction of sp³-hybridized carbons (Fsp3) is 0.350. The number of fused-ring (bicyclic) bond motifs is 2. The van der Waals surface area contributed by atoms with Crippen molar-refractivity contribution in [2.45, 2.75) is 39.0 Å². The molecule has 1 unspecified atom stereocenters. The van der Waals surface area contributed by atoms with Gasteiger partial charge in [0.05, 0.1) is 11.3 Å². The molecule has 1 aliphatic heterocycles. The minimum absolute atomic E-state index is 0.0917. The molecule has 1 amide bonds. The lowest BCUT2D eigenvalue weighted by Gasteiger charge is -2.25. The number of amides is 1. The van der Waals surface area contributed by atoms with Crippen LogP contribution < -0.4 is 5.32 Å². The lowest BCUT2D eigenvalue weighted by atomic mass is 9.80. The van der Waals surface area contributed by atoms with E-state index < -0.39 is 0 Å². The molecule has 0 spiro atoms. The third-order valence-electron chi connectivity index (χ3n) is 5.23. The maximum atomic E-state index is 12.5. The molecule has 2 N–H and O–H groups in total. The number of benzene rings is 1. The number of carbonyl (C=O) groups is 1. The fourth-order valence-corrected chi connectivity index (χ4v) is 4.92. The molecular weight excluding hydrogens is 400 g/mol. The Morgan fingerprint density at radius 3 is 2.88 bits per heavy atom. The monoisotopic (exact) mass is 418 g/mol. The van der Waals surface area contributed by atoms with Gasteiger partial charge in [0.15, 0.2) is 0 Å². The van der Waals surface area contributed by atoms with Crippen molar-refractivity contribution < 1.29 is 4.79 Å². The van der Waals surface area contributed by atoms with Crippen LogP contribution in [0.1, 0.15) is 55.1 Å². The Kier molecular flexibility index (Phi) is 4.28. The van der Waals surface area contributed by atoms with E-state index in [4.69, 9.17) is 11.6 Å². The zero-order valence-electron chi connectivity index (χ0n) is 14.2. The molecule has 3 nitrogen and oxygen atoms in total. The summed E-state index contributed by atoms with van der Waals surface area (Å²) in [4.78, 5) is 16.0. The molecule has 2 aliphatic rings. The molecule has 0 radical (unpaired) electrons. The third-order valence-corrected chi connectivity index (χ3v) is 6.07. The number of H-pyrrole nitrogens is 1. The predicted molar refractivity (Wildman–Crippen MR) is 107 cm³/mol. The first-order chi connectivity index (χ1) is 11.9. The number of nitrogens with one attached hydrogen (secondary N) is 2. The van der Waals surface area contributed by atoms with Crippen LogP contribution in [-0.2, 0) is 11.2 Å². The number of aryl methyl sites for hydroxylation is 1. The van der Waals surface area contributed by atoms with Crippen LogP contribution in [0.5, 0.6) is 0 Å². The molecule has 0 saturated heterocycles. The summed E-state index contributed by atoms with van der Waals surface area (Å²) in [7, 11) is 0. The van der Waals surface area contributed by atoms with Gasteiger partial charge in [-0.2, -0.15) is 0 Å². The van der Waals surface area contributed by atoms with Gasteiger partial charge >= 0.3 is 0 Å². The van der Waals surface area contributed by atoms with Gasteiger partial charge in [-0.25, -0.2) is 0 Å². The molecule has 0 fully saturated rings. The molecule has 2 heterocycles. The van der Waals surface area contributed by atoms with Crippen molar-refractivity contribution in [2.75, 3.05) is 5.32 Å². The molecule has 4 rings (SSSR count). The van der Waals surface area contributed by atoms with Crippen LogP contribution in [0.15, 0.2) is 22.7 Å². The van der Waals surface area contributed by atoms with Gasteiger partial charge in [-0.05, 0) is 76.9 Å². The fourth-order valence-electron chi connectivity index (χ4n) is 4.01. The van der Waals surface area contributed by atoms with E-state index in [0.717, 1.165) is 27.8 Å². The Hall–Kier alpha value is -1.52. The van der Waals surface area contributed by atoms with Crippen molar-refractivity contribution in [2.24, 2.45) is 5.92 Å². The van der Waals surface area contributed by atoms with E-state index in [1.807, 2.05) is 12.1 Å². The van der Waals surface area contributed by atoms with Gasteiger partial charge < -0.3 is 10.3 Å². The summed E-state index contributed by atoms with van der Waals surface area (Å²) in [5.74, 6) is 1.13. The third kappa shape index (κ3) is 2.96. The smallest absolute Gasteiger partial charge is 0.256 e. The largest absolute Gasteiger partial charge is 0.359 e. The Morgan fingerprint density at radius 2 is 2.12 bits per heavy atom. The van der Waals surface area contributed by atoms with Crippen LogP contribution in [-0.4, -0.2) is 10.9 Å². The van der Waals surface area contributed by atoms with Crippen molar-refractivity contribution in [3.63, 3.8) is 0 Å². The van der Waals surface area contributed by atoms with Crippen molar-refractivity contribution >= 4 is 50.8 Å². The van der Waals surface area contributed by atoms with Crippen molar-refractivity contribution in [1.29, 1.82) is 0 Å². The summed E-state index contributed by atoms with van der Waals surface area (Å²) in [6, 6.07) is 5.85. The van der Waals surface area contributed by atoms with Crippen LogP contribution in [0.2, 0.25) is 5.02 Å². The minimum Gasteiger partial charge on any atom is -0.359 e. The zero-order valence-corrected chi connectivity index (χ0v) is 16.6. The van der Waals surface area contributed by atoms with E-state index >= 15 is 0 Å². The number of halogens is 2. The summed E-state index contributed by atoms with van der Waals surface area (Å²) < 4.78 is 0.803. The van der Waals surface area contributed by atoms with E-state index in [2.05, 4.69) is 46.1 Å². The molecule has 1 aromatic carbocycles. The molecule has 1 aliphatic carbocycles. The maximum Gasteiger partial charge on any atom is 0.256 e. The number of anilines is 1. The first kappa shape index (κ1) is 16.9. The zero-order chi connectivity index (χ0) is 17.7. The van der Waals surface area contributed by atoms with Crippen LogP contribution in [0.25, 0.3) is 11.6 Å². The number of aromatic nitrogens is 1. The maximum absolute atomic E-state index is 12.5. The average molecular weight is 420 g/mol. The standard InChI is InChI=1S/C20H20BrClN2O/c1-10(2)13-4-3-5-18-14(13)8-12(23-18)9-16-15-6-11(22)7-17(21)19(15)24-20(16)25/h6-10,13,23H,3-5H2,1-2H3,(H,24,25). The predicted octanol–water partition coefficient (Wildman–Crippen LogP) is 6.00. The second-order valence-corrected chi connectivity index (χ2v) is 8.51. The van der Waals surface area contributed by atoms with Crippen molar-refractivity contribution in [1.82, 2.24) is 4.98 Å². The van der Waals surface area contributed by atoms with Gasteiger partial charge in [0.25, 0.3) is 5.91 Å². The number of rotatable bonds is 2. The topological polar surface area (TPSA) is 44.9 Å². The summed E-state index contributed by atoms with van der Waals surface area (Å²) in [6.07, 6.45) is 5.49. The number of carbonyl (C=O) groups excluding carboxylic acids is 1. The van der Waals surface area contributed by atoms with E-state index in [-0.39, 0.29) is 5.91 Å². The molecule has 1 aromatic heterocycles. The number of aromatic amines is 1. The highest BCUT2D eigenvalue weighted by Gasteiger charge is 2.28. The Labute approximate surface area is 161 Å².